The maximum atomic E-state index is 12.1. The molecule has 16 heavy (non-hydrogen) atoms. The zero-order chi connectivity index (χ0) is 11.5. The third kappa shape index (κ3) is 2.14. The molecule has 3 nitrogen and oxygen atoms in total. The summed E-state index contributed by atoms with van der Waals surface area (Å²) in [4.78, 5) is 14.2. The van der Waals surface area contributed by atoms with Crippen molar-refractivity contribution in [2.24, 2.45) is 0 Å². The molecule has 0 amide bonds. The Balaban J connectivity index is 2.41. The van der Waals surface area contributed by atoms with Crippen LogP contribution in [0, 0.1) is 0 Å². The van der Waals surface area contributed by atoms with Crippen LogP contribution in [0.5, 0.6) is 0 Å². The van der Waals surface area contributed by atoms with Crippen LogP contribution in [0.3, 0.4) is 0 Å². The number of nitrogens with zero attached hydrogens (tertiary/aromatic N) is 2. The normalized spacial score (nSPS) is 11.2. The largest absolute Gasteiger partial charge is 0.314 e. The Bertz CT molecular complexity index is 543. The third-order valence-corrected chi connectivity index (χ3v) is 2.67. The molecule has 2 rings (SSSR count). The van der Waals surface area contributed by atoms with Gasteiger partial charge in [0.1, 0.15) is 0 Å². The van der Waals surface area contributed by atoms with E-state index in [0.29, 0.717) is 0 Å². The standard InChI is InChI=1S/C13H16N2O/c1-14(2)9-10-15-8-7-11-5-3-4-6-12(11)13(15)16/h3-8H,9-10H2,1-2H3. The topological polar surface area (TPSA) is 25.2 Å². The quantitative estimate of drug-likeness (QED) is 0.778. The summed E-state index contributed by atoms with van der Waals surface area (Å²) in [5.41, 5.74) is 0.0972. The number of aromatic nitrogens is 1. The Morgan fingerprint density at radius 3 is 2.69 bits per heavy atom. The molecule has 0 bridgehead atoms. The summed E-state index contributed by atoms with van der Waals surface area (Å²) in [5.74, 6) is 0. The number of benzene rings is 1. The lowest BCUT2D eigenvalue weighted by Crippen LogP contribution is -2.26. The molecule has 0 radical (unpaired) electrons. The fourth-order valence-corrected chi connectivity index (χ4v) is 1.71. The van der Waals surface area contributed by atoms with Crippen molar-refractivity contribution in [2.45, 2.75) is 6.54 Å². The van der Waals surface area contributed by atoms with E-state index in [4.69, 9.17) is 0 Å². The molecule has 0 aliphatic heterocycles. The molecular weight excluding hydrogens is 200 g/mol. The molecule has 1 heterocycles. The molecule has 2 aromatic rings. The van der Waals surface area contributed by atoms with Crippen LogP contribution >= 0.6 is 0 Å². The van der Waals surface area contributed by atoms with Crippen LogP contribution in [0.1, 0.15) is 0 Å². The molecule has 0 saturated heterocycles. The highest BCUT2D eigenvalue weighted by molar-refractivity contribution is 5.81. The lowest BCUT2D eigenvalue weighted by atomic mass is 10.2. The van der Waals surface area contributed by atoms with Crippen LogP contribution in [0.4, 0.5) is 0 Å². The molecule has 1 aromatic carbocycles. The van der Waals surface area contributed by atoms with Gasteiger partial charge in [0.05, 0.1) is 0 Å². The average Bonchev–Trinajstić information content (AvgIpc) is 2.28. The summed E-state index contributed by atoms with van der Waals surface area (Å²) in [5, 5.41) is 1.80. The van der Waals surface area contributed by atoms with Crippen molar-refractivity contribution in [1.82, 2.24) is 9.47 Å². The van der Waals surface area contributed by atoms with E-state index < -0.39 is 0 Å². The molecule has 84 valence electrons. The predicted molar refractivity (Wildman–Crippen MR) is 66.8 cm³/mol. The van der Waals surface area contributed by atoms with Gasteiger partial charge in [0, 0.05) is 24.7 Å². The van der Waals surface area contributed by atoms with Gasteiger partial charge in [-0.15, -0.1) is 0 Å². The van der Waals surface area contributed by atoms with Crippen molar-refractivity contribution >= 4 is 10.8 Å². The van der Waals surface area contributed by atoms with E-state index in [2.05, 4.69) is 4.90 Å². The van der Waals surface area contributed by atoms with Crippen molar-refractivity contribution in [3.8, 4) is 0 Å². The van der Waals surface area contributed by atoms with Gasteiger partial charge in [0.2, 0.25) is 0 Å². The number of rotatable bonds is 3. The minimum Gasteiger partial charge on any atom is -0.314 e. The van der Waals surface area contributed by atoms with Gasteiger partial charge in [-0.1, -0.05) is 18.2 Å². The Kier molecular flexibility index (Phi) is 3.06. The van der Waals surface area contributed by atoms with E-state index in [0.717, 1.165) is 23.9 Å². The maximum Gasteiger partial charge on any atom is 0.258 e. The Hall–Kier alpha value is -1.61. The second-order valence-electron chi connectivity index (χ2n) is 4.20. The van der Waals surface area contributed by atoms with Gasteiger partial charge >= 0.3 is 0 Å². The second kappa shape index (κ2) is 4.49. The van der Waals surface area contributed by atoms with E-state index in [1.807, 2.05) is 50.6 Å². The Labute approximate surface area is 94.9 Å². The highest BCUT2D eigenvalue weighted by Gasteiger charge is 2.01. The Morgan fingerprint density at radius 1 is 1.19 bits per heavy atom. The molecule has 0 aliphatic carbocycles. The maximum absolute atomic E-state index is 12.1. The molecule has 0 N–H and O–H groups in total. The van der Waals surface area contributed by atoms with Gasteiger partial charge in [-0.05, 0) is 31.6 Å². The second-order valence-corrected chi connectivity index (χ2v) is 4.20. The number of fused-ring (bicyclic) bond motifs is 1. The minimum atomic E-state index is 0.0972. The van der Waals surface area contributed by atoms with Crippen LogP contribution in [0.15, 0.2) is 41.3 Å². The molecule has 0 fully saturated rings. The third-order valence-electron chi connectivity index (χ3n) is 2.67. The summed E-state index contributed by atoms with van der Waals surface area (Å²) in [6.07, 6.45) is 1.87. The summed E-state index contributed by atoms with van der Waals surface area (Å²) < 4.78 is 1.77. The van der Waals surface area contributed by atoms with E-state index in [9.17, 15) is 4.79 Å². The first-order valence-corrected chi connectivity index (χ1v) is 5.41. The van der Waals surface area contributed by atoms with Gasteiger partial charge < -0.3 is 9.47 Å². The lowest BCUT2D eigenvalue weighted by molar-refractivity contribution is 0.381. The number of likely N-dealkylation sites (N-methyl/N-ethyl adjacent to an activating group) is 1. The highest BCUT2D eigenvalue weighted by Crippen LogP contribution is 2.07. The van der Waals surface area contributed by atoms with Crippen molar-refractivity contribution in [1.29, 1.82) is 0 Å². The molecule has 0 spiro atoms. The highest BCUT2D eigenvalue weighted by atomic mass is 16.1. The molecular formula is C13H16N2O. The SMILES string of the molecule is CN(C)CCn1ccc2ccccc2c1=O. The molecule has 3 heteroatoms. The van der Waals surface area contributed by atoms with Gasteiger partial charge in [0.15, 0.2) is 0 Å². The predicted octanol–water partition coefficient (Wildman–Crippen LogP) is 1.56. The molecule has 1 aromatic heterocycles. The van der Waals surface area contributed by atoms with Crippen molar-refractivity contribution in [2.75, 3.05) is 20.6 Å². The van der Waals surface area contributed by atoms with Gasteiger partial charge in [0.25, 0.3) is 5.56 Å². The van der Waals surface area contributed by atoms with Crippen LogP contribution in [-0.4, -0.2) is 30.1 Å². The summed E-state index contributed by atoms with van der Waals surface area (Å²) in [6.45, 7) is 1.61. The first-order valence-electron chi connectivity index (χ1n) is 5.41. The van der Waals surface area contributed by atoms with Crippen LogP contribution in [0.2, 0.25) is 0 Å². The van der Waals surface area contributed by atoms with Crippen LogP contribution in [-0.2, 0) is 6.54 Å². The van der Waals surface area contributed by atoms with E-state index >= 15 is 0 Å². The first kappa shape index (κ1) is 10.9. The van der Waals surface area contributed by atoms with E-state index in [1.54, 1.807) is 4.57 Å². The number of pyridine rings is 1. The van der Waals surface area contributed by atoms with E-state index in [1.165, 1.54) is 0 Å². The summed E-state index contributed by atoms with van der Waals surface area (Å²) >= 11 is 0. The average molecular weight is 216 g/mol. The van der Waals surface area contributed by atoms with Gasteiger partial charge in [-0.3, -0.25) is 4.79 Å². The fraction of sp³-hybridized carbons (Fsp3) is 0.308. The van der Waals surface area contributed by atoms with Crippen LogP contribution in [0.25, 0.3) is 10.8 Å². The fourth-order valence-electron chi connectivity index (χ4n) is 1.71. The smallest absolute Gasteiger partial charge is 0.258 e. The first-order chi connectivity index (χ1) is 7.68. The Morgan fingerprint density at radius 2 is 1.94 bits per heavy atom. The summed E-state index contributed by atoms with van der Waals surface area (Å²) in [7, 11) is 4.01. The van der Waals surface area contributed by atoms with E-state index in [-0.39, 0.29) is 5.56 Å². The number of hydrogen-bond donors (Lipinski definition) is 0. The molecule has 0 atom stereocenters. The van der Waals surface area contributed by atoms with Gasteiger partial charge in [-0.25, -0.2) is 0 Å². The van der Waals surface area contributed by atoms with Crippen molar-refractivity contribution in [3.05, 3.63) is 46.9 Å². The zero-order valence-electron chi connectivity index (χ0n) is 9.68. The molecule has 0 aliphatic rings. The minimum absolute atomic E-state index is 0.0972. The molecule has 0 unspecified atom stereocenters. The van der Waals surface area contributed by atoms with Crippen LogP contribution < -0.4 is 5.56 Å². The van der Waals surface area contributed by atoms with Crippen molar-refractivity contribution in [3.63, 3.8) is 0 Å². The monoisotopic (exact) mass is 216 g/mol. The van der Waals surface area contributed by atoms with Gasteiger partial charge in [-0.2, -0.15) is 0 Å². The van der Waals surface area contributed by atoms with Crippen molar-refractivity contribution < 1.29 is 0 Å². The molecule has 0 saturated carbocycles. The zero-order valence-corrected chi connectivity index (χ0v) is 9.68. The summed E-state index contributed by atoms with van der Waals surface area (Å²) in [6, 6.07) is 9.69. The lowest BCUT2D eigenvalue weighted by Gasteiger charge is -2.11. The number of hydrogen-bond acceptors (Lipinski definition) is 2.